The predicted molar refractivity (Wildman–Crippen MR) is 79.6 cm³/mol. The van der Waals surface area contributed by atoms with Gasteiger partial charge >= 0.3 is 0 Å². The zero-order chi connectivity index (χ0) is 14.5. The van der Waals surface area contributed by atoms with Crippen LogP contribution in [-0.2, 0) is 9.59 Å². The summed E-state index contributed by atoms with van der Waals surface area (Å²) in [7, 11) is 0. The molecule has 0 aliphatic carbocycles. The summed E-state index contributed by atoms with van der Waals surface area (Å²) < 4.78 is 0. The van der Waals surface area contributed by atoms with Crippen LogP contribution in [0.2, 0.25) is 0 Å². The van der Waals surface area contributed by atoms with Crippen molar-refractivity contribution in [3.8, 4) is 0 Å². The summed E-state index contributed by atoms with van der Waals surface area (Å²) in [4.78, 5) is 27.4. The molecule has 1 aliphatic heterocycles. The second kappa shape index (κ2) is 6.55. The van der Waals surface area contributed by atoms with E-state index in [0.717, 1.165) is 37.2 Å². The zero-order valence-electron chi connectivity index (χ0n) is 12.3. The maximum atomic E-state index is 12.1. The van der Waals surface area contributed by atoms with Crippen molar-refractivity contribution < 1.29 is 9.59 Å². The van der Waals surface area contributed by atoms with Crippen LogP contribution >= 0.6 is 0 Å². The van der Waals surface area contributed by atoms with E-state index < -0.39 is 0 Å². The number of aryl methyl sites for hydroxylation is 1. The maximum Gasteiger partial charge on any atom is 0.224 e. The second-order valence-corrected chi connectivity index (χ2v) is 5.35. The second-order valence-electron chi connectivity index (χ2n) is 5.35. The van der Waals surface area contributed by atoms with Crippen LogP contribution in [0, 0.1) is 6.92 Å². The third kappa shape index (κ3) is 3.59. The summed E-state index contributed by atoms with van der Waals surface area (Å²) in [5.41, 5.74) is 1.98. The van der Waals surface area contributed by atoms with Crippen LogP contribution in [0.3, 0.4) is 0 Å². The first-order chi connectivity index (χ1) is 9.58. The van der Waals surface area contributed by atoms with Gasteiger partial charge in [0.1, 0.15) is 0 Å². The van der Waals surface area contributed by atoms with Gasteiger partial charge in [-0.15, -0.1) is 0 Å². The van der Waals surface area contributed by atoms with Gasteiger partial charge in [0.2, 0.25) is 11.8 Å². The molecule has 1 aromatic rings. The Balaban J connectivity index is 1.99. The van der Waals surface area contributed by atoms with Crippen molar-refractivity contribution in [1.82, 2.24) is 4.90 Å². The number of carbonyl (C=O) groups is 2. The first-order valence-corrected chi connectivity index (χ1v) is 7.20. The van der Waals surface area contributed by atoms with Gasteiger partial charge in [-0.25, -0.2) is 0 Å². The fraction of sp³-hybridized carbons (Fsp3) is 0.500. The lowest BCUT2D eigenvalue weighted by molar-refractivity contribution is -0.129. The van der Waals surface area contributed by atoms with E-state index in [-0.39, 0.29) is 11.8 Å². The summed E-state index contributed by atoms with van der Waals surface area (Å²) in [5.74, 6) is 0.131. The normalized spacial score (nSPS) is 14.4. The van der Waals surface area contributed by atoms with E-state index in [9.17, 15) is 9.59 Å². The SMILES string of the molecule is CC(=O)N(CCC(=O)N1CCCC1)c1cccc(C)c1. The molecule has 2 amide bonds. The summed E-state index contributed by atoms with van der Waals surface area (Å²) in [6, 6.07) is 7.82. The lowest BCUT2D eigenvalue weighted by Gasteiger charge is -2.23. The average Bonchev–Trinajstić information content (AvgIpc) is 2.92. The van der Waals surface area contributed by atoms with Crippen LogP contribution < -0.4 is 4.90 Å². The highest BCUT2D eigenvalue weighted by atomic mass is 16.2. The molecule has 20 heavy (non-hydrogen) atoms. The molecule has 0 saturated carbocycles. The summed E-state index contributed by atoms with van der Waals surface area (Å²) >= 11 is 0. The predicted octanol–water partition coefficient (Wildman–Crippen LogP) is 2.36. The number of amides is 2. The van der Waals surface area contributed by atoms with Crippen molar-refractivity contribution in [2.45, 2.75) is 33.1 Å². The Kier molecular flexibility index (Phi) is 4.77. The quantitative estimate of drug-likeness (QED) is 0.845. The molecule has 1 saturated heterocycles. The van der Waals surface area contributed by atoms with Crippen LogP contribution in [0.4, 0.5) is 5.69 Å². The van der Waals surface area contributed by atoms with Crippen LogP contribution in [0.25, 0.3) is 0 Å². The molecular formula is C16H22N2O2. The van der Waals surface area contributed by atoms with Gasteiger partial charge in [-0.1, -0.05) is 12.1 Å². The van der Waals surface area contributed by atoms with E-state index in [2.05, 4.69) is 0 Å². The third-order valence-electron chi connectivity index (χ3n) is 3.70. The van der Waals surface area contributed by atoms with Gasteiger partial charge in [0.25, 0.3) is 0 Å². The summed E-state index contributed by atoms with van der Waals surface area (Å²) in [6.07, 6.45) is 2.59. The highest BCUT2D eigenvalue weighted by Gasteiger charge is 2.19. The number of nitrogens with zero attached hydrogens (tertiary/aromatic N) is 2. The number of benzene rings is 1. The number of likely N-dealkylation sites (tertiary alicyclic amines) is 1. The molecule has 108 valence electrons. The van der Waals surface area contributed by atoms with E-state index in [0.29, 0.717) is 13.0 Å². The van der Waals surface area contributed by atoms with Crippen LogP contribution in [-0.4, -0.2) is 36.3 Å². The Morgan fingerprint density at radius 1 is 1.25 bits per heavy atom. The number of carbonyl (C=O) groups excluding carboxylic acids is 2. The molecule has 1 heterocycles. The molecule has 4 nitrogen and oxygen atoms in total. The molecular weight excluding hydrogens is 252 g/mol. The number of hydrogen-bond acceptors (Lipinski definition) is 2. The van der Waals surface area contributed by atoms with Gasteiger partial charge in [0.15, 0.2) is 0 Å². The van der Waals surface area contributed by atoms with Gasteiger partial charge in [-0.2, -0.15) is 0 Å². The molecule has 0 bridgehead atoms. The Labute approximate surface area is 120 Å². The Bertz CT molecular complexity index is 493. The lowest BCUT2D eigenvalue weighted by atomic mass is 10.2. The van der Waals surface area contributed by atoms with E-state index in [1.54, 1.807) is 11.8 Å². The Morgan fingerprint density at radius 3 is 2.55 bits per heavy atom. The van der Waals surface area contributed by atoms with Crippen molar-refractivity contribution in [2.24, 2.45) is 0 Å². The average molecular weight is 274 g/mol. The Morgan fingerprint density at radius 2 is 1.95 bits per heavy atom. The fourth-order valence-electron chi connectivity index (χ4n) is 2.60. The van der Waals surface area contributed by atoms with Crippen molar-refractivity contribution in [3.05, 3.63) is 29.8 Å². The molecule has 2 rings (SSSR count). The van der Waals surface area contributed by atoms with E-state index in [1.807, 2.05) is 36.1 Å². The first-order valence-electron chi connectivity index (χ1n) is 7.20. The first kappa shape index (κ1) is 14.6. The molecule has 0 radical (unpaired) electrons. The zero-order valence-corrected chi connectivity index (χ0v) is 12.3. The van der Waals surface area contributed by atoms with Crippen LogP contribution in [0.1, 0.15) is 31.7 Å². The van der Waals surface area contributed by atoms with E-state index in [4.69, 9.17) is 0 Å². The van der Waals surface area contributed by atoms with Crippen molar-refractivity contribution in [1.29, 1.82) is 0 Å². The highest BCUT2D eigenvalue weighted by molar-refractivity contribution is 5.92. The standard InChI is InChI=1S/C16H22N2O2/c1-13-6-5-7-15(12-13)18(14(2)19)11-8-16(20)17-9-3-4-10-17/h5-7,12H,3-4,8-11H2,1-2H3. The molecule has 0 spiro atoms. The largest absolute Gasteiger partial charge is 0.343 e. The van der Waals surface area contributed by atoms with Crippen LogP contribution in [0.5, 0.6) is 0 Å². The molecule has 1 aliphatic rings. The molecule has 0 aromatic heterocycles. The number of hydrogen-bond donors (Lipinski definition) is 0. The molecule has 4 heteroatoms. The third-order valence-corrected chi connectivity index (χ3v) is 3.70. The molecule has 0 N–H and O–H groups in total. The molecule has 0 atom stereocenters. The minimum absolute atomic E-state index is 0.0233. The summed E-state index contributed by atoms with van der Waals surface area (Å²) in [6.45, 7) is 5.72. The maximum absolute atomic E-state index is 12.1. The molecule has 1 aromatic carbocycles. The van der Waals surface area contributed by atoms with Gasteiger partial charge < -0.3 is 9.80 Å². The van der Waals surface area contributed by atoms with Gasteiger partial charge in [0, 0.05) is 38.7 Å². The number of rotatable bonds is 4. The van der Waals surface area contributed by atoms with Gasteiger partial charge in [-0.3, -0.25) is 9.59 Å². The topological polar surface area (TPSA) is 40.6 Å². The fourth-order valence-corrected chi connectivity index (χ4v) is 2.60. The van der Waals surface area contributed by atoms with E-state index in [1.165, 1.54) is 0 Å². The highest BCUT2D eigenvalue weighted by Crippen LogP contribution is 2.17. The minimum atomic E-state index is -0.0233. The van der Waals surface area contributed by atoms with E-state index >= 15 is 0 Å². The molecule has 0 unspecified atom stereocenters. The van der Waals surface area contributed by atoms with Crippen molar-refractivity contribution >= 4 is 17.5 Å². The monoisotopic (exact) mass is 274 g/mol. The smallest absolute Gasteiger partial charge is 0.224 e. The van der Waals surface area contributed by atoms with Crippen molar-refractivity contribution in [2.75, 3.05) is 24.5 Å². The minimum Gasteiger partial charge on any atom is -0.343 e. The number of anilines is 1. The molecule has 1 fully saturated rings. The van der Waals surface area contributed by atoms with Crippen LogP contribution in [0.15, 0.2) is 24.3 Å². The van der Waals surface area contributed by atoms with Gasteiger partial charge in [-0.05, 0) is 37.5 Å². The summed E-state index contributed by atoms with van der Waals surface area (Å²) in [5, 5.41) is 0. The van der Waals surface area contributed by atoms with Crippen molar-refractivity contribution in [3.63, 3.8) is 0 Å². The van der Waals surface area contributed by atoms with Gasteiger partial charge in [0.05, 0.1) is 0 Å². The Hall–Kier alpha value is -1.84. The lowest BCUT2D eigenvalue weighted by Crippen LogP contribution is -2.35.